The van der Waals surface area contributed by atoms with Crippen molar-refractivity contribution in [2.75, 3.05) is 11.1 Å². The van der Waals surface area contributed by atoms with Crippen molar-refractivity contribution in [2.24, 2.45) is 5.92 Å². The van der Waals surface area contributed by atoms with Crippen LogP contribution in [-0.4, -0.2) is 16.6 Å². The van der Waals surface area contributed by atoms with Gasteiger partial charge in [0.1, 0.15) is 11.1 Å². The summed E-state index contributed by atoms with van der Waals surface area (Å²) in [5, 5.41) is 13.3. The molecule has 0 saturated carbocycles. The van der Waals surface area contributed by atoms with E-state index < -0.39 is 0 Å². The number of hydrogen-bond donors (Lipinski definition) is 1. The average molecular weight is 414 g/mol. The number of carbonyl (C=O) groups is 1. The molecule has 1 amide bonds. The minimum absolute atomic E-state index is 0.0820. The lowest BCUT2D eigenvalue weighted by atomic mass is 9.86. The van der Waals surface area contributed by atoms with E-state index in [1.165, 1.54) is 23.1 Å². The number of para-hydroxylation sites is 1. The smallest absolute Gasteiger partial charge is 0.235 e. The molecule has 2 aromatic heterocycles. The Bertz CT molecular complexity index is 998. The van der Waals surface area contributed by atoms with Crippen molar-refractivity contribution >= 4 is 55.6 Å². The second-order valence-electron chi connectivity index (χ2n) is 6.62. The Kier molecular flexibility index (Phi) is 5.48. The van der Waals surface area contributed by atoms with E-state index in [-0.39, 0.29) is 5.91 Å². The molecule has 0 unspecified atom stereocenters. The van der Waals surface area contributed by atoms with Crippen LogP contribution in [0, 0.1) is 17.2 Å². The highest BCUT2D eigenvalue weighted by Gasteiger charge is 2.25. The molecule has 4 nitrogen and oxygen atoms in total. The number of hydrogen-bond acceptors (Lipinski definition) is 6. The van der Waals surface area contributed by atoms with Crippen LogP contribution < -0.4 is 5.32 Å². The van der Waals surface area contributed by atoms with Gasteiger partial charge < -0.3 is 5.32 Å². The first-order valence-electron chi connectivity index (χ1n) is 9.00. The topological polar surface area (TPSA) is 65.8 Å². The second kappa shape index (κ2) is 8.01. The summed E-state index contributed by atoms with van der Waals surface area (Å²) in [7, 11) is 0. The summed E-state index contributed by atoms with van der Waals surface area (Å²) in [5.41, 5.74) is 2.79. The van der Waals surface area contributed by atoms with Crippen LogP contribution in [-0.2, 0) is 17.6 Å². The largest absolute Gasteiger partial charge is 0.316 e. The normalized spacial score (nSPS) is 16.1. The molecule has 0 aliphatic heterocycles. The van der Waals surface area contributed by atoms with E-state index in [0.717, 1.165) is 39.4 Å². The predicted octanol–water partition coefficient (Wildman–Crippen LogP) is 5.48. The lowest BCUT2D eigenvalue weighted by Crippen LogP contribution is -2.14. The zero-order valence-corrected chi connectivity index (χ0v) is 17.4. The molecule has 2 heterocycles. The van der Waals surface area contributed by atoms with Gasteiger partial charge >= 0.3 is 0 Å². The van der Waals surface area contributed by atoms with Gasteiger partial charge in [-0.15, -0.1) is 22.7 Å². The SMILES string of the molecule is CC[C@@H]1CCc2c(sc(NC(=O)CSc3nc4ccccc4s3)c2C#N)C1. The number of amides is 1. The maximum atomic E-state index is 12.4. The molecule has 138 valence electrons. The van der Waals surface area contributed by atoms with Gasteiger partial charge in [-0.25, -0.2) is 4.98 Å². The number of nitrogens with one attached hydrogen (secondary N) is 1. The van der Waals surface area contributed by atoms with Gasteiger partial charge in [0.05, 0.1) is 21.5 Å². The number of thioether (sulfide) groups is 1. The van der Waals surface area contributed by atoms with Crippen molar-refractivity contribution in [1.82, 2.24) is 4.98 Å². The molecule has 4 rings (SSSR count). The van der Waals surface area contributed by atoms with E-state index in [2.05, 4.69) is 23.3 Å². The highest BCUT2D eigenvalue weighted by molar-refractivity contribution is 8.01. The van der Waals surface area contributed by atoms with Crippen molar-refractivity contribution in [3.8, 4) is 6.07 Å². The number of benzene rings is 1. The lowest BCUT2D eigenvalue weighted by Gasteiger charge is -2.20. The first-order valence-corrected chi connectivity index (χ1v) is 11.6. The maximum Gasteiger partial charge on any atom is 0.235 e. The molecule has 0 bridgehead atoms. The standard InChI is InChI=1S/C20H19N3OS3/c1-2-12-7-8-13-14(10-21)19(26-17(13)9-12)23-18(24)11-25-20-22-15-5-3-4-6-16(15)27-20/h3-6,12H,2,7-9,11H2,1H3,(H,23,24)/t12-/m1/s1. The molecular formula is C20H19N3OS3. The second-order valence-corrected chi connectivity index (χ2v) is 9.98. The van der Waals surface area contributed by atoms with Crippen LogP contribution in [0.1, 0.15) is 35.8 Å². The van der Waals surface area contributed by atoms with Crippen LogP contribution >= 0.6 is 34.4 Å². The van der Waals surface area contributed by atoms with Gasteiger partial charge in [0.15, 0.2) is 4.34 Å². The third-order valence-electron chi connectivity index (χ3n) is 4.91. The van der Waals surface area contributed by atoms with Crippen molar-refractivity contribution in [3.05, 3.63) is 40.3 Å². The van der Waals surface area contributed by atoms with Crippen molar-refractivity contribution < 1.29 is 4.79 Å². The number of thiophene rings is 1. The predicted molar refractivity (Wildman–Crippen MR) is 114 cm³/mol. The van der Waals surface area contributed by atoms with Crippen LogP contribution in [0.3, 0.4) is 0 Å². The van der Waals surface area contributed by atoms with Gasteiger partial charge in [-0.05, 0) is 42.9 Å². The lowest BCUT2D eigenvalue weighted by molar-refractivity contribution is -0.113. The summed E-state index contributed by atoms with van der Waals surface area (Å²) in [5.74, 6) is 0.910. The molecule has 1 atom stereocenters. The Morgan fingerprint density at radius 1 is 1.41 bits per heavy atom. The van der Waals surface area contributed by atoms with Gasteiger partial charge in [0.2, 0.25) is 5.91 Å². The number of anilines is 1. The number of fused-ring (bicyclic) bond motifs is 2. The molecule has 3 aromatic rings. The monoisotopic (exact) mass is 413 g/mol. The fraction of sp³-hybridized carbons (Fsp3) is 0.350. The van der Waals surface area contributed by atoms with Gasteiger partial charge in [0.25, 0.3) is 0 Å². The van der Waals surface area contributed by atoms with Crippen LogP contribution in [0.2, 0.25) is 0 Å². The summed E-state index contributed by atoms with van der Waals surface area (Å²) >= 11 is 4.63. The summed E-state index contributed by atoms with van der Waals surface area (Å²) in [6, 6.07) is 10.3. The molecule has 7 heteroatoms. The molecule has 0 saturated heterocycles. The molecule has 0 radical (unpaired) electrons. The van der Waals surface area contributed by atoms with E-state index in [4.69, 9.17) is 0 Å². The van der Waals surface area contributed by atoms with E-state index in [1.54, 1.807) is 22.7 Å². The minimum atomic E-state index is -0.0820. The number of carbonyl (C=O) groups excluding carboxylic acids is 1. The number of nitrogens with zero attached hydrogens (tertiary/aromatic N) is 2. The Labute approximate surface area is 170 Å². The molecule has 0 spiro atoms. The van der Waals surface area contributed by atoms with Crippen molar-refractivity contribution in [1.29, 1.82) is 5.26 Å². The molecule has 0 fully saturated rings. The summed E-state index contributed by atoms with van der Waals surface area (Å²) in [4.78, 5) is 18.3. The van der Waals surface area contributed by atoms with Gasteiger partial charge in [-0.3, -0.25) is 4.79 Å². The Morgan fingerprint density at radius 3 is 3.04 bits per heavy atom. The Morgan fingerprint density at radius 2 is 2.26 bits per heavy atom. The molecular weight excluding hydrogens is 394 g/mol. The molecule has 1 aromatic carbocycles. The first-order chi connectivity index (χ1) is 13.2. The van der Waals surface area contributed by atoms with Crippen LogP contribution in [0.5, 0.6) is 0 Å². The first kappa shape index (κ1) is 18.5. The van der Waals surface area contributed by atoms with Crippen LogP contribution in [0.15, 0.2) is 28.6 Å². The van der Waals surface area contributed by atoms with Crippen molar-refractivity contribution in [3.63, 3.8) is 0 Å². The number of thiazole rings is 1. The quantitative estimate of drug-likeness (QED) is 0.563. The number of nitriles is 1. The summed E-state index contributed by atoms with van der Waals surface area (Å²) in [6.45, 7) is 2.22. The molecule has 1 N–H and O–H groups in total. The van der Waals surface area contributed by atoms with Gasteiger partial charge in [-0.1, -0.05) is 37.2 Å². The van der Waals surface area contributed by atoms with Gasteiger partial charge in [0, 0.05) is 4.88 Å². The summed E-state index contributed by atoms with van der Waals surface area (Å²) < 4.78 is 2.02. The van der Waals surface area contributed by atoms with E-state index in [0.29, 0.717) is 22.2 Å². The zero-order valence-electron chi connectivity index (χ0n) is 14.9. The third kappa shape index (κ3) is 3.88. The minimum Gasteiger partial charge on any atom is -0.316 e. The van der Waals surface area contributed by atoms with Gasteiger partial charge in [-0.2, -0.15) is 5.26 Å². The number of aromatic nitrogens is 1. The van der Waals surface area contributed by atoms with E-state index in [9.17, 15) is 10.1 Å². The Balaban J connectivity index is 1.43. The highest BCUT2D eigenvalue weighted by atomic mass is 32.2. The van der Waals surface area contributed by atoms with Crippen molar-refractivity contribution in [2.45, 2.75) is 36.9 Å². The molecule has 1 aliphatic carbocycles. The van der Waals surface area contributed by atoms with Crippen LogP contribution in [0.4, 0.5) is 5.00 Å². The highest BCUT2D eigenvalue weighted by Crippen LogP contribution is 2.40. The zero-order chi connectivity index (χ0) is 18.8. The van der Waals surface area contributed by atoms with E-state index in [1.807, 2.05) is 24.3 Å². The molecule has 1 aliphatic rings. The average Bonchev–Trinajstić information content (AvgIpc) is 3.25. The van der Waals surface area contributed by atoms with E-state index >= 15 is 0 Å². The molecule has 27 heavy (non-hydrogen) atoms. The van der Waals surface area contributed by atoms with Crippen LogP contribution in [0.25, 0.3) is 10.2 Å². The summed E-state index contributed by atoms with van der Waals surface area (Å²) in [6.07, 6.45) is 4.28. The fourth-order valence-electron chi connectivity index (χ4n) is 3.41. The fourth-order valence-corrected chi connectivity index (χ4v) is 6.61. The Hall–Kier alpha value is -1.88. The number of rotatable bonds is 5. The maximum absolute atomic E-state index is 12.4. The third-order valence-corrected chi connectivity index (χ3v) is 8.26.